The number of ether oxygens (including phenoxy) is 1. The topological polar surface area (TPSA) is 63.0 Å². The lowest BCUT2D eigenvalue weighted by atomic mass is 10.1. The molecule has 0 saturated carbocycles. The summed E-state index contributed by atoms with van der Waals surface area (Å²) in [6.45, 7) is 0.435. The molecule has 1 saturated heterocycles. The fourth-order valence-electron chi connectivity index (χ4n) is 3.67. The van der Waals surface area contributed by atoms with Crippen LogP contribution in [0.2, 0.25) is 0 Å². The standard InChI is InChI=1S/C28H23ClN2O4S/c1-34-18-8-9-20(16-17-29)25-15-14-23(35-25)19-24-26(32)30(21-10-4-2-5-11-21)28(36)31(27(24)33)22-12-6-3-7-13-22/h2-16,19H,17-18H2,1H3/b9-8-,20-16+. The molecule has 4 rings (SSSR count). The quantitative estimate of drug-likeness (QED) is 0.123. The fourth-order valence-corrected chi connectivity index (χ4v) is 4.21. The highest BCUT2D eigenvalue weighted by atomic mass is 35.5. The zero-order valence-electron chi connectivity index (χ0n) is 19.5. The molecule has 0 bridgehead atoms. The first-order valence-corrected chi connectivity index (χ1v) is 12.1. The maximum Gasteiger partial charge on any atom is 0.270 e. The Hall–Kier alpha value is -3.78. The minimum absolute atomic E-state index is 0.0741. The summed E-state index contributed by atoms with van der Waals surface area (Å²) in [4.78, 5) is 29.9. The van der Waals surface area contributed by atoms with Gasteiger partial charge in [-0.2, -0.15) is 0 Å². The highest BCUT2D eigenvalue weighted by Crippen LogP contribution is 2.30. The average Bonchev–Trinajstić information content (AvgIpc) is 3.36. The van der Waals surface area contributed by atoms with Crippen molar-refractivity contribution in [1.82, 2.24) is 0 Å². The van der Waals surface area contributed by atoms with Gasteiger partial charge in [0.2, 0.25) is 0 Å². The number of halogens is 1. The van der Waals surface area contributed by atoms with E-state index in [2.05, 4.69) is 0 Å². The highest BCUT2D eigenvalue weighted by molar-refractivity contribution is 7.81. The van der Waals surface area contributed by atoms with E-state index in [1.165, 1.54) is 15.9 Å². The molecule has 2 amide bonds. The SMILES string of the molecule is COC/C=C\C(=C/CCl)c1ccc(C=C2C(=O)N(c3ccccc3)C(=S)N(c3ccccc3)C2=O)o1. The molecule has 2 heterocycles. The van der Waals surface area contributed by atoms with Gasteiger partial charge in [-0.1, -0.05) is 54.6 Å². The van der Waals surface area contributed by atoms with E-state index in [1.54, 1.807) is 73.8 Å². The summed E-state index contributed by atoms with van der Waals surface area (Å²) < 4.78 is 11.0. The molecule has 0 spiro atoms. The number of methoxy groups -OCH3 is 1. The van der Waals surface area contributed by atoms with Crippen molar-refractivity contribution in [3.8, 4) is 0 Å². The number of carbonyl (C=O) groups excluding carboxylic acids is 2. The van der Waals surface area contributed by atoms with Gasteiger partial charge >= 0.3 is 0 Å². The summed E-state index contributed by atoms with van der Waals surface area (Å²) in [7, 11) is 1.60. The molecule has 1 aliphatic heterocycles. The number of anilines is 2. The normalized spacial score (nSPS) is 14.8. The number of hydrogen-bond acceptors (Lipinski definition) is 5. The lowest BCUT2D eigenvalue weighted by Crippen LogP contribution is -2.56. The predicted octanol–water partition coefficient (Wildman–Crippen LogP) is 5.85. The van der Waals surface area contributed by atoms with Crippen LogP contribution in [0.15, 0.2) is 101 Å². The number of amides is 2. The number of furan rings is 1. The maximum absolute atomic E-state index is 13.6. The molecule has 8 heteroatoms. The first-order valence-electron chi connectivity index (χ1n) is 11.1. The summed E-state index contributed by atoms with van der Waals surface area (Å²) >= 11 is 11.5. The van der Waals surface area contributed by atoms with Crippen molar-refractivity contribution < 1.29 is 18.7 Å². The molecule has 0 aliphatic carbocycles. The van der Waals surface area contributed by atoms with Gasteiger partial charge in [0.05, 0.1) is 18.0 Å². The summed E-state index contributed by atoms with van der Waals surface area (Å²) in [5.74, 6) is 0.115. The van der Waals surface area contributed by atoms with Crippen LogP contribution in [0.5, 0.6) is 0 Å². The molecule has 1 fully saturated rings. The third kappa shape index (κ3) is 5.39. The van der Waals surface area contributed by atoms with Gasteiger partial charge in [-0.05, 0) is 54.7 Å². The number of thiocarbonyl (C=S) groups is 1. The summed E-state index contributed by atoms with van der Waals surface area (Å²) in [6, 6.07) is 21.4. The van der Waals surface area contributed by atoms with Crippen molar-refractivity contribution >= 4 is 63.8 Å². The Labute approximate surface area is 219 Å². The van der Waals surface area contributed by atoms with E-state index < -0.39 is 11.8 Å². The van der Waals surface area contributed by atoms with Gasteiger partial charge in [0.15, 0.2) is 5.11 Å². The van der Waals surface area contributed by atoms with Crippen LogP contribution < -0.4 is 9.80 Å². The Morgan fingerprint density at radius 3 is 2.06 bits per heavy atom. The second-order valence-corrected chi connectivity index (χ2v) is 8.34. The Kier molecular flexibility index (Phi) is 8.28. The zero-order chi connectivity index (χ0) is 25.5. The minimum atomic E-state index is -0.530. The Balaban J connectivity index is 1.76. The van der Waals surface area contributed by atoms with Crippen molar-refractivity contribution in [1.29, 1.82) is 0 Å². The van der Waals surface area contributed by atoms with Gasteiger partial charge in [0.25, 0.3) is 11.8 Å². The third-order valence-corrected chi connectivity index (χ3v) is 5.85. The summed E-state index contributed by atoms with van der Waals surface area (Å²) in [5, 5.41) is 0.0790. The summed E-state index contributed by atoms with van der Waals surface area (Å²) in [5.41, 5.74) is 1.80. The van der Waals surface area contributed by atoms with E-state index >= 15 is 0 Å². The maximum atomic E-state index is 13.6. The van der Waals surface area contributed by atoms with E-state index in [4.69, 9.17) is 33.0 Å². The molecule has 182 valence electrons. The predicted molar refractivity (Wildman–Crippen MR) is 147 cm³/mol. The molecule has 3 aromatic rings. The minimum Gasteiger partial charge on any atom is -0.457 e. The molecule has 1 aromatic heterocycles. The Morgan fingerprint density at radius 1 is 0.944 bits per heavy atom. The number of benzene rings is 2. The zero-order valence-corrected chi connectivity index (χ0v) is 21.0. The first kappa shape index (κ1) is 25.3. The van der Waals surface area contributed by atoms with Gasteiger partial charge in [-0.3, -0.25) is 19.4 Å². The lowest BCUT2D eigenvalue weighted by molar-refractivity contribution is -0.120. The molecule has 0 unspecified atom stereocenters. The van der Waals surface area contributed by atoms with Crippen LogP contribution in [0.3, 0.4) is 0 Å². The van der Waals surface area contributed by atoms with Crippen LogP contribution in [-0.4, -0.2) is 36.5 Å². The Bertz CT molecular complexity index is 1280. The molecule has 2 aromatic carbocycles. The van der Waals surface area contributed by atoms with Gasteiger partial charge in [0, 0.05) is 18.6 Å². The van der Waals surface area contributed by atoms with Gasteiger partial charge in [0.1, 0.15) is 17.1 Å². The third-order valence-electron chi connectivity index (χ3n) is 5.33. The lowest BCUT2D eigenvalue weighted by Gasteiger charge is -2.36. The number of alkyl halides is 1. The largest absolute Gasteiger partial charge is 0.457 e. The van der Waals surface area contributed by atoms with Crippen LogP contribution >= 0.6 is 23.8 Å². The van der Waals surface area contributed by atoms with Crippen LogP contribution in [-0.2, 0) is 14.3 Å². The highest BCUT2D eigenvalue weighted by Gasteiger charge is 2.41. The van der Waals surface area contributed by atoms with E-state index in [9.17, 15) is 9.59 Å². The molecular formula is C28H23ClN2O4S. The Morgan fingerprint density at radius 2 is 1.53 bits per heavy atom. The number of hydrogen-bond donors (Lipinski definition) is 0. The van der Waals surface area contributed by atoms with E-state index in [-0.39, 0.29) is 16.6 Å². The van der Waals surface area contributed by atoms with Crippen LogP contribution in [0.25, 0.3) is 11.6 Å². The molecule has 0 atom stereocenters. The van der Waals surface area contributed by atoms with E-state index in [0.29, 0.717) is 29.5 Å². The van der Waals surface area contributed by atoms with Crippen LogP contribution in [0, 0.1) is 0 Å². The molecule has 0 N–H and O–H groups in total. The number of para-hydroxylation sites is 2. The van der Waals surface area contributed by atoms with Crippen molar-refractivity contribution in [2.24, 2.45) is 0 Å². The van der Waals surface area contributed by atoms with Gasteiger partial charge in [-0.15, -0.1) is 11.6 Å². The number of allylic oxidation sites excluding steroid dienone is 3. The molecule has 6 nitrogen and oxygen atoms in total. The van der Waals surface area contributed by atoms with Crippen molar-refractivity contribution in [2.45, 2.75) is 0 Å². The monoisotopic (exact) mass is 518 g/mol. The smallest absolute Gasteiger partial charge is 0.270 e. The number of rotatable bonds is 8. The van der Waals surface area contributed by atoms with E-state index in [0.717, 1.165) is 5.57 Å². The number of nitrogens with zero attached hydrogens (tertiary/aromatic N) is 2. The van der Waals surface area contributed by atoms with Crippen molar-refractivity contribution in [2.75, 3.05) is 29.4 Å². The summed E-state index contributed by atoms with van der Waals surface area (Å²) in [6.07, 6.45) is 6.92. The second-order valence-electron chi connectivity index (χ2n) is 7.67. The van der Waals surface area contributed by atoms with Crippen molar-refractivity contribution in [3.63, 3.8) is 0 Å². The molecule has 1 aliphatic rings. The average molecular weight is 519 g/mol. The molecule has 36 heavy (non-hydrogen) atoms. The van der Waals surface area contributed by atoms with Crippen LogP contribution in [0.4, 0.5) is 11.4 Å². The first-order chi connectivity index (χ1) is 17.5. The molecular weight excluding hydrogens is 496 g/mol. The number of carbonyl (C=O) groups is 2. The van der Waals surface area contributed by atoms with Gasteiger partial charge < -0.3 is 9.15 Å². The van der Waals surface area contributed by atoms with E-state index in [1.807, 2.05) is 24.3 Å². The fraction of sp³-hybridized carbons (Fsp3) is 0.107. The molecule has 0 radical (unpaired) electrons. The van der Waals surface area contributed by atoms with Crippen molar-refractivity contribution in [3.05, 3.63) is 108 Å². The van der Waals surface area contributed by atoms with Gasteiger partial charge in [-0.25, -0.2) is 0 Å². The van der Waals surface area contributed by atoms with Crippen LogP contribution in [0.1, 0.15) is 11.5 Å². The second kappa shape index (κ2) is 11.8.